The van der Waals surface area contributed by atoms with Crippen molar-refractivity contribution >= 4 is 73.1 Å². The number of hydrogen-bond donors (Lipinski definition) is 1. The summed E-state index contributed by atoms with van der Waals surface area (Å²) in [5, 5.41) is 2.64. The number of urea groups is 1. The zero-order chi connectivity index (χ0) is 24.4. The molecule has 9 heteroatoms. The van der Waals surface area contributed by atoms with Gasteiger partial charge in [0.15, 0.2) is 0 Å². The fourth-order valence-electron chi connectivity index (χ4n) is 3.41. The van der Waals surface area contributed by atoms with E-state index < -0.39 is 17.8 Å². The number of imide groups is 2. The van der Waals surface area contributed by atoms with Crippen LogP contribution in [0.15, 0.2) is 75.2 Å². The summed E-state index contributed by atoms with van der Waals surface area (Å²) in [6.45, 7) is 2.04. The van der Waals surface area contributed by atoms with Gasteiger partial charge in [0.1, 0.15) is 17.9 Å². The molecule has 34 heavy (non-hydrogen) atoms. The van der Waals surface area contributed by atoms with Crippen molar-refractivity contribution in [2.45, 2.75) is 13.5 Å². The summed E-state index contributed by atoms with van der Waals surface area (Å²) in [6, 6.07) is 16.9. The van der Waals surface area contributed by atoms with Crippen LogP contribution in [0.4, 0.5) is 10.5 Å². The molecule has 1 aliphatic rings. The average molecular weight is 605 g/mol. The van der Waals surface area contributed by atoms with Crippen LogP contribution in [0.2, 0.25) is 5.02 Å². The molecule has 1 N–H and O–H groups in total. The maximum atomic E-state index is 13.3. The van der Waals surface area contributed by atoms with Crippen LogP contribution in [-0.2, 0) is 16.2 Å². The number of rotatable bonds is 5. The lowest BCUT2D eigenvalue weighted by Crippen LogP contribution is -2.54. The Kier molecular flexibility index (Phi) is 7.21. The first-order chi connectivity index (χ1) is 16.2. The topological polar surface area (TPSA) is 75.7 Å². The van der Waals surface area contributed by atoms with Crippen LogP contribution < -0.4 is 15.0 Å². The molecule has 3 aromatic carbocycles. The van der Waals surface area contributed by atoms with E-state index in [0.29, 0.717) is 27.6 Å². The number of aryl methyl sites for hydroxylation is 1. The number of anilines is 1. The second kappa shape index (κ2) is 10.1. The Morgan fingerprint density at radius 2 is 1.68 bits per heavy atom. The number of benzene rings is 3. The van der Waals surface area contributed by atoms with Crippen LogP contribution in [0.1, 0.15) is 16.7 Å². The minimum atomic E-state index is -0.810. The summed E-state index contributed by atoms with van der Waals surface area (Å²) in [5.74, 6) is -1.10. The Bertz CT molecular complexity index is 1340. The van der Waals surface area contributed by atoms with Gasteiger partial charge in [0.05, 0.1) is 5.69 Å². The highest BCUT2D eigenvalue weighted by atomic mass is 79.9. The molecular formula is C25H17Br2ClN2O4. The van der Waals surface area contributed by atoms with E-state index >= 15 is 0 Å². The summed E-state index contributed by atoms with van der Waals surface area (Å²) >= 11 is 12.9. The van der Waals surface area contributed by atoms with E-state index in [1.807, 2.05) is 24.3 Å². The van der Waals surface area contributed by atoms with E-state index in [-0.39, 0.29) is 12.2 Å². The van der Waals surface area contributed by atoms with E-state index in [2.05, 4.69) is 37.2 Å². The summed E-state index contributed by atoms with van der Waals surface area (Å²) in [5.41, 5.74) is 2.23. The molecule has 4 amide bonds. The number of hydrogen-bond acceptors (Lipinski definition) is 4. The first kappa shape index (κ1) is 24.2. The van der Waals surface area contributed by atoms with Crippen LogP contribution in [0.5, 0.6) is 5.75 Å². The number of amides is 4. The molecule has 3 aromatic rings. The van der Waals surface area contributed by atoms with Gasteiger partial charge < -0.3 is 4.74 Å². The monoisotopic (exact) mass is 602 g/mol. The molecule has 0 aromatic heterocycles. The standard InChI is InChI=1S/C25H17Br2ClN2O4/c1-14-10-18(27)6-8-21(14)30-24(32)20(23(31)29-25(30)33)12-16-11-19(28)7-9-22(16)34-13-15-2-4-17(26)5-3-15/h2-12H,13H2,1H3,(H,29,31,33)/b20-12-. The van der Waals surface area contributed by atoms with Crippen LogP contribution in [0.25, 0.3) is 6.08 Å². The normalized spacial score (nSPS) is 15.0. The van der Waals surface area contributed by atoms with Crippen molar-refractivity contribution in [3.63, 3.8) is 0 Å². The van der Waals surface area contributed by atoms with Gasteiger partial charge in [0, 0.05) is 19.5 Å². The van der Waals surface area contributed by atoms with Crippen LogP contribution in [-0.4, -0.2) is 17.8 Å². The van der Waals surface area contributed by atoms with Crippen LogP contribution >= 0.6 is 43.5 Å². The smallest absolute Gasteiger partial charge is 0.335 e. The largest absolute Gasteiger partial charge is 0.488 e. The second-order valence-corrected chi connectivity index (χ2v) is 9.75. The van der Waals surface area contributed by atoms with Gasteiger partial charge in [0.2, 0.25) is 0 Å². The van der Waals surface area contributed by atoms with Crippen molar-refractivity contribution in [1.82, 2.24) is 5.32 Å². The minimum Gasteiger partial charge on any atom is -0.488 e. The number of nitrogens with zero attached hydrogens (tertiary/aromatic N) is 1. The quantitative estimate of drug-likeness (QED) is 0.270. The maximum absolute atomic E-state index is 13.3. The first-order valence-electron chi connectivity index (χ1n) is 10.1. The summed E-state index contributed by atoms with van der Waals surface area (Å²) in [7, 11) is 0. The minimum absolute atomic E-state index is 0.210. The molecule has 172 valence electrons. The summed E-state index contributed by atoms with van der Waals surface area (Å²) in [6.07, 6.45) is 1.38. The molecule has 0 aliphatic carbocycles. The highest BCUT2D eigenvalue weighted by molar-refractivity contribution is 9.10. The van der Waals surface area contributed by atoms with E-state index in [1.165, 1.54) is 6.08 Å². The number of nitrogens with one attached hydrogen (secondary N) is 1. The Balaban J connectivity index is 1.68. The van der Waals surface area contributed by atoms with Crippen molar-refractivity contribution in [3.8, 4) is 5.75 Å². The number of carbonyl (C=O) groups excluding carboxylic acids is 3. The molecule has 0 atom stereocenters. The van der Waals surface area contributed by atoms with Gasteiger partial charge in [-0.2, -0.15) is 0 Å². The zero-order valence-corrected chi connectivity index (χ0v) is 21.7. The fourth-order valence-corrected chi connectivity index (χ4v) is 4.33. The third-order valence-corrected chi connectivity index (χ3v) is 6.34. The average Bonchev–Trinajstić information content (AvgIpc) is 2.78. The molecule has 0 radical (unpaired) electrons. The predicted octanol–water partition coefficient (Wildman–Crippen LogP) is 6.42. The molecule has 4 rings (SSSR count). The van der Waals surface area contributed by atoms with E-state index in [9.17, 15) is 14.4 Å². The van der Waals surface area contributed by atoms with E-state index in [0.717, 1.165) is 19.4 Å². The van der Waals surface area contributed by atoms with Gasteiger partial charge in [-0.25, -0.2) is 9.69 Å². The number of ether oxygens (including phenoxy) is 1. The fraction of sp³-hybridized carbons (Fsp3) is 0.0800. The Morgan fingerprint density at radius 1 is 0.971 bits per heavy atom. The van der Waals surface area contributed by atoms with Crippen molar-refractivity contribution in [2.24, 2.45) is 0 Å². The van der Waals surface area contributed by atoms with Gasteiger partial charge in [-0.3, -0.25) is 14.9 Å². The van der Waals surface area contributed by atoms with Gasteiger partial charge in [0.25, 0.3) is 11.8 Å². The lowest BCUT2D eigenvalue weighted by atomic mass is 10.0. The first-order valence-corrected chi connectivity index (χ1v) is 12.0. The van der Waals surface area contributed by atoms with Crippen LogP contribution in [0.3, 0.4) is 0 Å². The van der Waals surface area contributed by atoms with Crippen molar-refractivity contribution in [3.05, 3.63) is 96.9 Å². The molecule has 0 spiro atoms. The van der Waals surface area contributed by atoms with Gasteiger partial charge in [-0.15, -0.1) is 0 Å². The molecule has 1 aliphatic heterocycles. The third kappa shape index (κ3) is 5.24. The molecule has 1 heterocycles. The molecule has 1 saturated heterocycles. The third-order valence-electron chi connectivity index (χ3n) is 5.08. The Hall–Kier alpha value is -2.94. The van der Waals surface area contributed by atoms with Crippen molar-refractivity contribution in [1.29, 1.82) is 0 Å². The highest BCUT2D eigenvalue weighted by Crippen LogP contribution is 2.30. The highest BCUT2D eigenvalue weighted by Gasteiger charge is 2.37. The van der Waals surface area contributed by atoms with Gasteiger partial charge in [-0.1, -0.05) is 55.6 Å². The molecule has 0 saturated carbocycles. The Morgan fingerprint density at radius 3 is 2.38 bits per heavy atom. The lowest BCUT2D eigenvalue weighted by Gasteiger charge is -2.27. The van der Waals surface area contributed by atoms with Crippen molar-refractivity contribution < 1.29 is 19.1 Å². The summed E-state index contributed by atoms with van der Waals surface area (Å²) in [4.78, 5) is 39.4. The number of carbonyl (C=O) groups is 3. The lowest BCUT2D eigenvalue weighted by molar-refractivity contribution is -0.122. The SMILES string of the molecule is Cc1cc(Br)ccc1N1C(=O)NC(=O)/C(=C/c2cc(Cl)ccc2OCc2ccc(Br)cc2)C1=O. The predicted molar refractivity (Wildman–Crippen MR) is 138 cm³/mol. The van der Waals surface area contributed by atoms with Crippen LogP contribution in [0, 0.1) is 6.92 Å². The molecular weight excluding hydrogens is 588 g/mol. The number of barbiturate groups is 1. The van der Waals surface area contributed by atoms with E-state index in [1.54, 1.807) is 43.3 Å². The van der Waals surface area contributed by atoms with Gasteiger partial charge in [-0.05, 0) is 72.7 Å². The van der Waals surface area contributed by atoms with Gasteiger partial charge >= 0.3 is 6.03 Å². The second-order valence-electron chi connectivity index (χ2n) is 7.49. The maximum Gasteiger partial charge on any atom is 0.335 e. The molecule has 6 nitrogen and oxygen atoms in total. The Labute approximate surface area is 217 Å². The number of halogens is 3. The molecule has 1 fully saturated rings. The molecule has 0 unspecified atom stereocenters. The molecule has 0 bridgehead atoms. The van der Waals surface area contributed by atoms with E-state index in [4.69, 9.17) is 16.3 Å². The zero-order valence-electron chi connectivity index (χ0n) is 17.8. The van der Waals surface area contributed by atoms with Crippen molar-refractivity contribution in [2.75, 3.05) is 4.90 Å². The summed E-state index contributed by atoms with van der Waals surface area (Å²) < 4.78 is 7.70.